The Hall–Kier alpha value is -3.98. The Morgan fingerprint density at radius 1 is 1.09 bits per heavy atom. The van der Waals surface area contributed by atoms with Crippen molar-refractivity contribution in [3.8, 4) is 12.1 Å². The van der Waals surface area contributed by atoms with Crippen LogP contribution in [0.4, 0.5) is 5.69 Å². The van der Waals surface area contributed by atoms with Gasteiger partial charge in [0.2, 0.25) is 11.8 Å². The maximum Gasteiger partial charge on any atom is 0.245 e. The lowest BCUT2D eigenvalue weighted by molar-refractivity contribution is -0.141. The summed E-state index contributed by atoms with van der Waals surface area (Å²) in [6.45, 7) is 3.93. The number of aryl methyl sites for hydroxylation is 1. The van der Waals surface area contributed by atoms with Gasteiger partial charge in [0.25, 0.3) is 0 Å². The van der Waals surface area contributed by atoms with Crippen LogP contribution in [0, 0.1) is 29.6 Å². The first kappa shape index (κ1) is 24.2. The number of hydrogen-bond donors (Lipinski definition) is 2. The number of anilines is 1. The number of furan rings is 1. The molecule has 0 bridgehead atoms. The molecule has 0 radical (unpaired) electrons. The van der Waals surface area contributed by atoms with E-state index in [-0.39, 0.29) is 29.8 Å². The predicted octanol–water partition coefficient (Wildman–Crippen LogP) is 3.40. The first-order valence-corrected chi connectivity index (χ1v) is 12.1. The van der Waals surface area contributed by atoms with Gasteiger partial charge in [0.1, 0.15) is 35.3 Å². The fourth-order valence-electron chi connectivity index (χ4n) is 4.68. The molecule has 0 spiro atoms. The van der Waals surface area contributed by atoms with Crippen LogP contribution in [0.25, 0.3) is 11.0 Å². The number of nitrogens with zero attached hydrogens (tertiary/aromatic N) is 4. The highest BCUT2D eigenvalue weighted by Crippen LogP contribution is 2.24. The van der Waals surface area contributed by atoms with Gasteiger partial charge >= 0.3 is 0 Å². The highest BCUT2D eigenvalue weighted by molar-refractivity contribution is 5.88. The average molecular weight is 475 g/mol. The van der Waals surface area contributed by atoms with E-state index in [1.54, 1.807) is 11.0 Å². The van der Waals surface area contributed by atoms with Gasteiger partial charge < -0.3 is 24.9 Å². The molecule has 182 valence electrons. The second-order valence-corrected chi connectivity index (χ2v) is 9.10. The van der Waals surface area contributed by atoms with Crippen molar-refractivity contribution < 1.29 is 14.0 Å². The van der Waals surface area contributed by atoms with Crippen LogP contribution < -0.4 is 10.6 Å². The van der Waals surface area contributed by atoms with Crippen LogP contribution in [0.2, 0.25) is 0 Å². The Kier molecular flexibility index (Phi) is 7.57. The summed E-state index contributed by atoms with van der Waals surface area (Å²) in [6, 6.07) is 10.5. The van der Waals surface area contributed by atoms with Crippen LogP contribution in [-0.4, -0.2) is 53.8 Å². The average Bonchev–Trinajstić information content (AvgIpc) is 3.50. The summed E-state index contributed by atoms with van der Waals surface area (Å²) in [5.74, 6) is 0.749. The number of nitriles is 2. The van der Waals surface area contributed by atoms with Gasteiger partial charge in [0.05, 0.1) is 6.54 Å². The number of benzene rings is 1. The third kappa shape index (κ3) is 5.75. The summed E-state index contributed by atoms with van der Waals surface area (Å²) in [5, 5.41) is 26.3. The molecule has 0 saturated carbocycles. The van der Waals surface area contributed by atoms with Crippen LogP contribution in [0.1, 0.15) is 44.3 Å². The SMILES string of the molecule is Cc1cc2cc(NC(NC3CCCCCN(CC(=O)N4CCCC4)C3=O)=C(C#N)C#N)ccc2o1. The van der Waals surface area contributed by atoms with Crippen LogP contribution in [0.3, 0.4) is 0 Å². The molecular weight excluding hydrogens is 444 g/mol. The van der Waals surface area contributed by atoms with Crippen LogP contribution in [0.15, 0.2) is 40.1 Å². The van der Waals surface area contributed by atoms with Crippen molar-refractivity contribution in [3.63, 3.8) is 0 Å². The highest BCUT2D eigenvalue weighted by atomic mass is 16.3. The van der Waals surface area contributed by atoms with Gasteiger partial charge in [0, 0.05) is 30.7 Å². The molecule has 2 amide bonds. The molecule has 35 heavy (non-hydrogen) atoms. The van der Waals surface area contributed by atoms with Crippen molar-refractivity contribution in [2.24, 2.45) is 0 Å². The normalized spacial score (nSPS) is 18.4. The van der Waals surface area contributed by atoms with Gasteiger partial charge in [-0.15, -0.1) is 0 Å². The van der Waals surface area contributed by atoms with Crippen molar-refractivity contribution in [1.82, 2.24) is 15.1 Å². The number of hydrogen-bond acceptors (Lipinski definition) is 7. The lowest BCUT2D eigenvalue weighted by Crippen LogP contribution is -2.51. The first-order chi connectivity index (χ1) is 17.0. The first-order valence-electron chi connectivity index (χ1n) is 12.1. The van der Waals surface area contributed by atoms with Crippen molar-refractivity contribution >= 4 is 28.5 Å². The third-order valence-corrected chi connectivity index (χ3v) is 6.52. The van der Waals surface area contributed by atoms with Gasteiger partial charge in [0.15, 0.2) is 5.57 Å². The number of nitrogens with one attached hydrogen (secondary N) is 2. The molecule has 1 unspecified atom stereocenters. The van der Waals surface area contributed by atoms with E-state index < -0.39 is 6.04 Å². The Morgan fingerprint density at radius 3 is 2.57 bits per heavy atom. The number of likely N-dealkylation sites (tertiary alicyclic amines) is 2. The van der Waals surface area contributed by atoms with E-state index >= 15 is 0 Å². The number of rotatable bonds is 6. The van der Waals surface area contributed by atoms with E-state index in [1.807, 2.05) is 42.2 Å². The van der Waals surface area contributed by atoms with Gasteiger partial charge in [-0.1, -0.05) is 12.8 Å². The van der Waals surface area contributed by atoms with Crippen molar-refractivity contribution in [2.75, 3.05) is 31.5 Å². The fourth-order valence-corrected chi connectivity index (χ4v) is 4.68. The Balaban J connectivity index is 1.54. The quantitative estimate of drug-likeness (QED) is 0.615. The standard InChI is InChI=1S/C26H30N6O3/c1-18-13-19-14-21(8-9-23(19)35-18)29-25(20(15-27)16-28)30-22-7-3-2-4-12-32(26(22)34)17-24(33)31-10-5-6-11-31/h8-9,13-14,22,29-30H,2-7,10-12,17H2,1H3. The van der Waals surface area contributed by atoms with Gasteiger partial charge in [-0.3, -0.25) is 9.59 Å². The van der Waals surface area contributed by atoms with Crippen LogP contribution >= 0.6 is 0 Å². The molecule has 4 rings (SSSR count). The lowest BCUT2D eigenvalue weighted by Gasteiger charge is -2.32. The van der Waals surface area contributed by atoms with Gasteiger partial charge in [-0.25, -0.2) is 0 Å². The second kappa shape index (κ2) is 11.0. The zero-order chi connectivity index (χ0) is 24.8. The summed E-state index contributed by atoms with van der Waals surface area (Å²) in [6.07, 6.45) is 5.16. The molecular formula is C26H30N6O3. The van der Waals surface area contributed by atoms with Gasteiger partial charge in [-0.2, -0.15) is 10.5 Å². The summed E-state index contributed by atoms with van der Waals surface area (Å²) >= 11 is 0. The minimum Gasteiger partial charge on any atom is -0.461 e. The molecule has 2 aromatic rings. The molecule has 1 aromatic heterocycles. The summed E-state index contributed by atoms with van der Waals surface area (Å²) in [4.78, 5) is 29.6. The number of amides is 2. The Bertz CT molecular complexity index is 1200. The van der Waals surface area contributed by atoms with Crippen molar-refractivity contribution in [3.05, 3.63) is 41.4 Å². The minimum atomic E-state index is -0.652. The third-order valence-electron chi connectivity index (χ3n) is 6.52. The summed E-state index contributed by atoms with van der Waals surface area (Å²) < 4.78 is 5.62. The molecule has 3 heterocycles. The van der Waals surface area contributed by atoms with E-state index in [1.165, 1.54) is 0 Å². The Labute approximate surface area is 205 Å². The smallest absolute Gasteiger partial charge is 0.245 e. The van der Waals surface area contributed by atoms with Crippen LogP contribution in [-0.2, 0) is 9.59 Å². The minimum absolute atomic E-state index is 0.0255. The topological polar surface area (TPSA) is 125 Å². The maximum atomic E-state index is 13.5. The Morgan fingerprint density at radius 2 is 1.83 bits per heavy atom. The monoisotopic (exact) mass is 474 g/mol. The fraction of sp³-hybridized carbons (Fsp3) is 0.462. The summed E-state index contributed by atoms with van der Waals surface area (Å²) in [7, 11) is 0. The van der Waals surface area contributed by atoms with Crippen molar-refractivity contribution in [2.45, 2.75) is 51.5 Å². The highest BCUT2D eigenvalue weighted by Gasteiger charge is 2.30. The molecule has 0 aliphatic carbocycles. The number of carbonyl (C=O) groups is 2. The molecule has 9 nitrogen and oxygen atoms in total. The van der Waals surface area contributed by atoms with E-state index in [4.69, 9.17) is 4.42 Å². The zero-order valence-corrected chi connectivity index (χ0v) is 20.0. The molecule has 2 N–H and O–H groups in total. The lowest BCUT2D eigenvalue weighted by atomic mass is 10.0. The van der Waals surface area contributed by atoms with E-state index in [2.05, 4.69) is 10.6 Å². The molecule has 1 atom stereocenters. The molecule has 2 fully saturated rings. The number of fused-ring (bicyclic) bond motifs is 1. The molecule has 1 aromatic carbocycles. The molecule has 2 aliphatic rings. The molecule has 2 aliphatic heterocycles. The zero-order valence-electron chi connectivity index (χ0n) is 20.0. The van der Waals surface area contributed by atoms with E-state index in [9.17, 15) is 20.1 Å². The van der Waals surface area contributed by atoms with E-state index in [0.29, 0.717) is 18.7 Å². The summed E-state index contributed by atoms with van der Waals surface area (Å²) in [5.41, 5.74) is 1.24. The van der Waals surface area contributed by atoms with Crippen molar-refractivity contribution in [1.29, 1.82) is 10.5 Å². The maximum absolute atomic E-state index is 13.5. The predicted molar refractivity (Wildman–Crippen MR) is 131 cm³/mol. The number of carbonyl (C=O) groups excluding carboxylic acids is 2. The molecule has 2 saturated heterocycles. The largest absolute Gasteiger partial charge is 0.461 e. The van der Waals surface area contributed by atoms with E-state index in [0.717, 1.165) is 61.9 Å². The molecule has 9 heteroatoms. The number of allylic oxidation sites excluding steroid dienone is 1. The van der Waals surface area contributed by atoms with Crippen LogP contribution in [0.5, 0.6) is 0 Å². The van der Waals surface area contributed by atoms with Gasteiger partial charge in [-0.05, 0) is 56.9 Å². The second-order valence-electron chi connectivity index (χ2n) is 9.10.